The Balaban J connectivity index is 1.51. The number of hydrogen-bond acceptors (Lipinski definition) is 3. The number of nitriles is 1. The highest BCUT2D eigenvalue weighted by molar-refractivity contribution is 5.71. The molecule has 1 saturated carbocycles. The number of hydrogen-bond donors (Lipinski definition) is 1. The van der Waals surface area contributed by atoms with Gasteiger partial charge in [0.2, 0.25) is 0 Å². The van der Waals surface area contributed by atoms with Crippen molar-refractivity contribution in [1.82, 2.24) is 4.90 Å². The Morgan fingerprint density at radius 3 is 2.46 bits per heavy atom. The van der Waals surface area contributed by atoms with Crippen LogP contribution < -0.4 is 5.73 Å². The zero-order valence-corrected chi connectivity index (χ0v) is 15.1. The number of fused-ring (bicyclic) bond motifs is 2. The van der Waals surface area contributed by atoms with Gasteiger partial charge in [0.15, 0.2) is 0 Å². The molecule has 0 aromatic heterocycles. The Hall–Kier alpha value is -2.15. The van der Waals surface area contributed by atoms with Crippen molar-refractivity contribution in [3.05, 3.63) is 59.2 Å². The molecule has 2 bridgehead atoms. The molecule has 1 aliphatic carbocycles. The van der Waals surface area contributed by atoms with Crippen LogP contribution >= 0.6 is 0 Å². The molecule has 2 saturated heterocycles. The van der Waals surface area contributed by atoms with Gasteiger partial charge in [0.25, 0.3) is 0 Å². The lowest BCUT2D eigenvalue weighted by Gasteiger charge is -2.25. The van der Waals surface area contributed by atoms with Gasteiger partial charge in [0.05, 0.1) is 11.6 Å². The SMILES string of the molecule is N#Cc1ccc(-c2cccc(CN3[C@@H]4CC[C@H]3[C@@H](N)C4)c2C2CC2)cc1. The summed E-state index contributed by atoms with van der Waals surface area (Å²) in [5, 5.41) is 9.07. The van der Waals surface area contributed by atoms with Gasteiger partial charge in [-0.1, -0.05) is 30.3 Å². The molecular formula is C23H25N3. The van der Waals surface area contributed by atoms with Gasteiger partial charge >= 0.3 is 0 Å². The predicted octanol–water partition coefficient (Wildman–Crippen LogP) is 4.17. The highest BCUT2D eigenvalue weighted by atomic mass is 15.3. The van der Waals surface area contributed by atoms with E-state index in [-0.39, 0.29) is 0 Å². The van der Waals surface area contributed by atoms with Crippen LogP contribution in [-0.4, -0.2) is 23.0 Å². The molecular weight excluding hydrogens is 318 g/mol. The maximum absolute atomic E-state index is 9.07. The first-order valence-corrected chi connectivity index (χ1v) is 9.88. The standard InChI is InChI=1S/C23H25N3/c24-13-15-4-6-16(7-5-15)20-3-1-2-18(23(20)17-8-9-17)14-26-19-10-11-22(26)21(25)12-19/h1-7,17,19,21-22H,8-12,14,25H2/t19-,21+,22+/m1/s1. The Labute approximate surface area is 155 Å². The van der Waals surface area contributed by atoms with E-state index < -0.39 is 0 Å². The third kappa shape index (κ3) is 2.65. The molecule has 2 heterocycles. The lowest BCUT2D eigenvalue weighted by atomic mass is 9.91. The Morgan fingerprint density at radius 1 is 1.04 bits per heavy atom. The summed E-state index contributed by atoms with van der Waals surface area (Å²) >= 11 is 0. The molecule has 3 nitrogen and oxygen atoms in total. The second kappa shape index (κ2) is 6.23. The van der Waals surface area contributed by atoms with Gasteiger partial charge < -0.3 is 5.73 Å². The molecule has 132 valence electrons. The molecule has 26 heavy (non-hydrogen) atoms. The van der Waals surface area contributed by atoms with Gasteiger partial charge in [-0.25, -0.2) is 0 Å². The van der Waals surface area contributed by atoms with E-state index in [0.717, 1.165) is 12.1 Å². The molecule has 3 aliphatic rings. The zero-order chi connectivity index (χ0) is 17.7. The maximum Gasteiger partial charge on any atom is 0.0991 e. The van der Waals surface area contributed by atoms with Gasteiger partial charge in [-0.2, -0.15) is 5.26 Å². The predicted molar refractivity (Wildman–Crippen MR) is 104 cm³/mol. The van der Waals surface area contributed by atoms with Crippen molar-refractivity contribution < 1.29 is 0 Å². The summed E-state index contributed by atoms with van der Waals surface area (Å²) in [6, 6.07) is 18.7. The van der Waals surface area contributed by atoms with Crippen LogP contribution in [-0.2, 0) is 6.54 Å². The van der Waals surface area contributed by atoms with Crippen molar-refractivity contribution >= 4 is 0 Å². The minimum absolute atomic E-state index is 0.361. The molecule has 0 amide bonds. The van der Waals surface area contributed by atoms with E-state index in [4.69, 9.17) is 11.0 Å². The molecule has 0 spiro atoms. The Bertz CT molecular complexity index is 860. The van der Waals surface area contributed by atoms with Crippen molar-refractivity contribution in [3.8, 4) is 17.2 Å². The largest absolute Gasteiger partial charge is 0.326 e. The minimum atomic E-state index is 0.361. The fourth-order valence-corrected chi connectivity index (χ4v) is 5.17. The molecule has 2 aromatic carbocycles. The fourth-order valence-electron chi connectivity index (χ4n) is 5.17. The van der Waals surface area contributed by atoms with Crippen molar-refractivity contribution in [2.45, 2.75) is 62.7 Å². The van der Waals surface area contributed by atoms with E-state index in [9.17, 15) is 0 Å². The molecule has 0 unspecified atom stereocenters. The third-order valence-corrected chi connectivity index (χ3v) is 6.59. The van der Waals surface area contributed by atoms with Gasteiger partial charge in [-0.15, -0.1) is 0 Å². The fraction of sp³-hybridized carbons (Fsp3) is 0.435. The van der Waals surface area contributed by atoms with Crippen molar-refractivity contribution in [2.24, 2.45) is 5.73 Å². The molecule has 3 heteroatoms. The van der Waals surface area contributed by atoms with E-state index >= 15 is 0 Å². The van der Waals surface area contributed by atoms with E-state index in [0.29, 0.717) is 24.0 Å². The van der Waals surface area contributed by atoms with Crippen molar-refractivity contribution in [2.75, 3.05) is 0 Å². The summed E-state index contributed by atoms with van der Waals surface area (Å²) in [5.41, 5.74) is 12.7. The molecule has 2 aliphatic heterocycles. The molecule has 2 aromatic rings. The maximum atomic E-state index is 9.07. The van der Waals surface area contributed by atoms with E-state index in [1.165, 1.54) is 54.4 Å². The lowest BCUT2D eigenvalue weighted by molar-refractivity contribution is 0.238. The summed E-state index contributed by atoms with van der Waals surface area (Å²) in [5.74, 6) is 0.700. The molecule has 0 radical (unpaired) electrons. The van der Waals surface area contributed by atoms with Crippen molar-refractivity contribution in [1.29, 1.82) is 5.26 Å². The van der Waals surface area contributed by atoms with Crippen LogP contribution in [0.4, 0.5) is 0 Å². The molecule has 2 N–H and O–H groups in total. The Kier molecular flexibility index (Phi) is 3.85. The smallest absolute Gasteiger partial charge is 0.0991 e. The monoisotopic (exact) mass is 343 g/mol. The zero-order valence-electron chi connectivity index (χ0n) is 15.1. The highest BCUT2D eigenvalue weighted by Crippen LogP contribution is 2.47. The molecule has 5 rings (SSSR count). The van der Waals surface area contributed by atoms with Gasteiger partial charge in [0, 0.05) is 24.7 Å². The quantitative estimate of drug-likeness (QED) is 0.906. The summed E-state index contributed by atoms with van der Waals surface area (Å²) < 4.78 is 0. The summed E-state index contributed by atoms with van der Waals surface area (Å²) in [6.45, 7) is 1.04. The first-order chi connectivity index (χ1) is 12.7. The topological polar surface area (TPSA) is 53.0 Å². The van der Waals surface area contributed by atoms with Gasteiger partial charge in [-0.05, 0) is 72.4 Å². The average molecular weight is 343 g/mol. The number of rotatable bonds is 4. The average Bonchev–Trinajstić information content (AvgIpc) is 3.39. The van der Waals surface area contributed by atoms with E-state index in [2.05, 4.69) is 41.3 Å². The number of benzene rings is 2. The third-order valence-electron chi connectivity index (χ3n) is 6.59. The summed E-state index contributed by atoms with van der Waals surface area (Å²) in [7, 11) is 0. The van der Waals surface area contributed by atoms with Crippen LogP contribution in [0.1, 0.15) is 54.7 Å². The second-order valence-electron chi connectivity index (χ2n) is 8.21. The van der Waals surface area contributed by atoms with Crippen LogP contribution in [0, 0.1) is 11.3 Å². The van der Waals surface area contributed by atoms with E-state index in [1.54, 1.807) is 0 Å². The first-order valence-electron chi connectivity index (χ1n) is 9.88. The van der Waals surface area contributed by atoms with Crippen LogP contribution in [0.15, 0.2) is 42.5 Å². The molecule has 3 fully saturated rings. The lowest BCUT2D eigenvalue weighted by Crippen LogP contribution is -2.36. The van der Waals surface area contributed by atoms with Crippen LogP contribution in [0.25, 0.3) is 11.1 Å². The normalized spacial score (nSPS) is 27.6. The minimum Gasteiger partial charge on any atom is -0.326 e. The Morgan fingerprint density at radius 2 is 1.85 bits per heavy atom. The van der Waals surface area contributed by atoms with Crippen molar-refractivity contribution in [3.63, 3.8) is 0 Å². The summed E-state index contributed by atoms with van der Waals surface area (Å²) in [6.07, 6.45) is 6.34. The van der Waals surface area contributed by atoms with Gasteiger partial charge in [0.1, 0.15) is 0 Å². The summed E-state index contributed by atoms with van der Waals surface area (Å²) in [4.78, 5) is 2.68. The number of nitrogens with zero attached hydrogens (tertiary/aromatic N) is 2. The van der Waals surface area contributed by atoms with Gasteiger partial charge in [-0.3, -0.25) is 4.90 Å². The van der Waals surface area contributed by atoms with Crippen LogP contribution in [0.3, 0.4) is 0 Å². The van der Waals surface area contributed by atoms with E-state index in [1.807, 2.05) is 12.1 Å². The highest BCUT2D eigenvalue weighted by Gasteiger charge is 2.44. The second-order valence-corrected chi connectivity index (χ2v) is 8.21. The molecule has 3 atom stereocenters. The first kappa shape index (κ1) is 16.1. The number of nitrogens with two attached hydrogens (primary N) is 1. The van der Waals surface area contributed by atoms with Crippen LogP contribution in [0.2, 0.25) is 0 Å². The van der Waals surface area contributed by atoms with Crippen LogP contribution in [0.5, 0.6) is 0 Å².